The number of carbonyl (C=O) groups is 1. The lowest BCUT2D eigenvalue weighted by atomic mass is 10.0. The molecule has 0 bridgehead atoms. The van der Waals surface area contributed by atoms with Gasteiger partial charge < -0.3 is 0 Å². The van der Waals surface area contributed by atoms with E-state index in [0.717, 1.165) is 0 Å². The summed E-state index contributed by atoms with van der Waals surface area (Å²) in [6.07, 6.45) is 0.688. The van der Waals surface area contributed by atoms with Crippen LogP contribution in [0.2, 0.25) is 10.0 Å². The van der Waals surface area contributed by atoms with Crippen molar-refractivity contribution in [1.29, 1.82) is 0 Å². The summed E-state index contributed by atoms with van der Waals surface area (Å²) in [4.78, 5) is 10.6. The number of aldehydes is 1. The summed E-state index contributed by atoms with van der Waals surface area (Å²) in [6, 6.07) is 9.06. The van der Waals surface area contributed by atoms with Crippen LogP contribution in [-0.2, 0) is 0 Å². The second-order valence-electron chi connectivity index (χ2n) is 3.48. The Morgan fingerprint density at radius 2 is 1.71 bits per heavy atom. The standard InChI is InChI=1S/C13H7Cl2FO/c14-9-2-4-11(13(16)6-9)10-3-1-8(7-17)5-12(10)15/h1-7H. The van der Waals surface area contributed by atoms with E-state index in [4.69, 9.17) is 23.2 Å². The zero-order valence-corrected chi connectivity index (χ0v) is 10.1. The summed E-state index contributed by atoms with van der Waals surface area (Å²) in [5.41, 5.74) is 1.34. The van der Waals surface area contributed by atoms with E-state index < -0.39 is 5.82 Å². The third kappa shape index (κ3) is 2.48. The molecule has 2 aromatic rings. The van der Waals surface area contributed by atoms with E-state index >= 15 is 0 Å². The summed E-state index contributed by atoms with van der Waals surface area (Å²) in [6.45, 7) is 0. The van der Waals surface area contributed by atoms with Gasteiger partial charge in [-0.1, -0.05) is 35.3 Å². The minimum absolute atomic E-state index is 0.326. The number of rotatable bonds is 2. The van der Waals surface area contributed by atoms with Crippen LogP contribution < -0.4 is 0 Å². The molecule has 0 N–H and O–H groups in total. The maximum atomic E-state index is 13.7. The van der Waals surface area contributed by atoms with Gasteiger partial charge in [0, 0.05) is 26.7 Å². The van der Waals surface area contributed by atoms with Crippen molar-refractivity contribution in [1.82, 2.24) is 0 Å². The third-order valence-corrected chi connectivity index (χ3v) is 2.90. The fourth-order valence-corrected chi connectivity index (χ4v) is 1.98. The molecule has 0 aliphatic heterocycles. The molecule has 86 valence electrons. The van der Waals surface area contributed by atoms with Crippen molar-refractivity contribution >= 4 is 29.5 Å². The van der Waals surface area contributed by atoms with E-state index in [0.29, 0.717) is 33.0 Å². The van der Waals surface area contributed by atoms with E-state index in [2.05, 4.69) is 0 Å². The van der Waals surface area contributed by atoms with Crippen molar-refractivity contribution in [3.05, 3.63) is 57.8 Å². The molecule has 0 saturated heterocycles. The highest BCUT2D eigenvalue weighted by molar-refractivity contribution is 6.33. The first-order valence-electron chi connectivity index (χ1n) is 4.82. The zero-order valence-electron chi connectivity index (χ0n) is 8.58. The molecule has 17 heavy (non-hydrogen) atoms. The van der Waals surface area contributed by atoms with Crippen LogP contribution in [0.1, 0.15) is 10.4 Å². The minimum atomic E-state index is -0.446. The summed E-state index contributed by atoms with van der Waals surface area (Å²) < 4.78 is 13.7. The first-order chi connectivity index (χ1) is 8.11. The van der Waals surface area contributed by atoms with Crippen LogP contribution in [0.3, 0.4) is 0 Å². The molecule has 0 aromatic heterocycles. The molecule has 1 nitrogen and oxygen atoms in total. The molecule has 2 aromatic carbocycles. The highest BCUT2D eigenvalue weighted by Crippen LogP contribution is 2.31. The van der Waals surface area contributed by atoms with Gasteiger partial charge in [-0.05, 0) is 24.3 Å². The van der Waals surface area contributed by atoms with Crippen molar-refractivity contribution in [2.75, 3.05) is 0 Å². The molecule has 2 rings (SSSR count). The highest BCUT2D eigenvalue weighted by Gasteiger charge is 2.09. The van der Waals surface area contributed by atoms with E-state index in [1.54, 1.807) is 24.3 Å². The monoisotopic (exact) mass is 268 g/mol. The van der Waals surface area contributed by atoms with Gasteiger partial charge in [-0.2, -0.15) is 0 Å². The quantitative estimate of drug-likeness (QED) is 0.727. The lowest BCUT2D eigenvalue weighted by Crippen LogP contribution is -1.87. The molecule has 0 heterocycles. The largest absolute Gasteiger partial charge is 0.298 e. The van der Waals surface area contributed by atoms with Gasteiger partial charge in [0.25, 0.3) is 0 Å². The minimum Gasteiger partial charge on any atom is -0.298 e. The summed E-state index contributed by atoms with van der Waals surface area (Å²) in [5, 5.41) is 0.655. The van der Waals surface area contributed by atoms with Gasteiger partial charge in [0.05, 0.1) is 0 Å². The maximum Gasteiger partial charge on any atom is 0.150 e. The second-order valence-corrected chi connectivity index (χ2v) is 4.32. The van der Waals surface area contributed by atoms with Crippen LogP contribution in [0.4, 0.5) is 4.39 Å². The van der Waals surface area contributed by atoms with Crippen molar-refractivity contribution in [3.8, 4) is 11.1 Å². The van der Waals surface area contributed by atoms with Gasteiger partial charge >= 0.3 is 0 Å². The van der Waals surface area contributed by atoms with Gasteiger partial charge in [0.1, 0.15) is 12.1 Å². The van der Waals surface area contributed by atoms with Crippen LogP contribution in [0.5, 0.6) is 0 Å². The van der Waals surface area contributed by atoms with E-state index in [-0.39, 0.29) is 0 Å². The Morgan fingerprint density at radius 3 is 2.29 bits per heavy atom. The number of hydrogen-bond acceptors (Lipinski definition) is 1. The number of benzene rings is 2. The molecule has 0 radical (unpaired) electrons. The molecular formula is C13H7Cl2FO. The molecule has 0 fully saturated rings. The van der Waals surface area contributed by atoms with Crippen molar-refractivity contribution in [3.63, 3.8) is 0 Å². The van der Waals surface area contributed by atoms with Gasteiger partial charge in [0.2, 0.25) is 0 Å². The van der Waals surface area contributed by atoms with Gasteiger partial charge in [-0.3, -0.25) is 4.79 Å². The SMILES string of the molecule is O=Cc1ccc(-c2ccc(Cl)cc2F)c(Cl)c1. The van der Waals surface area contributed by atoms with Crippen molar-refractivity contribution in [2.24, 2.45) is 0 Å². The second kappa shape index (κ2) is 4.86. The third-order valence-electron chi connectivity index (χ3n) is 2.35. The Balaban J connectivity index is 2.56. The molecule has 0 atom stereocenters. The zero-order chi connectivity index (χ0) is 12.4. The summed E-state index contributed by atoms with van der Waals surface area (Å²) >= 11 is 11.7. The Bertz CT molecular complexity index is 582. The van der Waals surface area contributed by atoms with Crippen LogP contribution in [0, 0.1) is 5.82 Å². The van der Waals surface area contributed by atoms with E-state index in [1.807, 2.05) is 0 Å². The van der Waals surface area contributed by atoms with Crippen LogP contribution in [-0.4, -0.2) is 6.29 Å². The smallest absolute Gasteiger partial charge is 0.150 e. The number of hydrogen-bond donors (Lipinski definition) is 0. The normalized spacial score (nSPS) is 10.3. The molecule has 0 amide bonds. The van der Waals surface area contributed by atoms with Crippen LogP contribution >= 0.6 is 23.2 Å². The highest BCUT2D eigenvalue weighted by atomic mass is 35.5. The Kier molecular flexibility index (Phi) is 3.46. The van der Waals surface area contributed by atoms with E-state index in [1.165, 1.54) is 12.1 Å². The molecule has 0 aliphatic carbocycles. The fraction of sp³-hybridized carbons (Fsp3) is 0. The first kappa shape index (κ1) is 12.1. The maximum absolute atomic E-state index is 13.7. The number of halogens is 3. The fourth-order valence-electron chi connectivity index (χ4n) is 1.53. The van der Waals surface area contributed by atoms with Crippen LogP contribution in [0.25, 0.3) is 11.1 Å². The van der Waals surface area contributed by atoms with Gasteiger partial charge in [-0.25, -0.2) is 4.39 Å². The van der Waals surface area contributed by atoms with Gasteiger partial charge in [0.15, 0.2) is 0 Å². The number of carbonyl (C=O) groups excluding carboxylic acids is 1. The molecule has 0 spiro atoms. The molecule has 0 aliphatic rings. The summed E-state index contributed by atoms with van der Waals surface area (Å²) in [5.74, 6) is -0.446. The Labute approximate surface area is 108 Å². The lowest BCUT2D eigenvalue weighted by molar-refractivity contribution is 0.112. The lowest BCUT2D eigenvalue weighted by Gasteiger charge is -2.06. The van der Waals surface area contributed by atoms with Crippen molar-refractivity contribution < 1.29 is 9.18 Å². The topological polar surface area (TPSA) is 17.1 Å². The van der Waals surface area contributed by atoms with E-state index in [9.17, 15) is 9.18 Å². The molecular weight excluding hydrogens is 262 g/mol. The Hall–Kier alpha value is -1.38. The van der Waals surface area contributed by atoms with Crippen molar-refractivity contribution in [2.45, 2.75) is 0 Å². The molecule has 0 unspecified atom stereocenters. The summed E-state index contributed by atoms with van der Waals surface area (Å²) in [7, 11) is 0. The average Bonchev–Trinajstić information content (AvgIpc) is 2.30. The predicted octanol–water partition coefficient (Wildman–Crippen LogP) is 4.61. The molecule has 0 saturated carbocycles. The predicted molar refractivity (Wildman–Crippen MR) is 67.2 cm³/mol. The average molecular weight is 269 g/mol. The Morgan fingerprint density at radius 1 is 1.00 bits per heavy atom. The van der Waals surface area contributed by atoms with Gasteiger partial charge in [-0.15, -0.1) is 0 Å². The van der Waals surface area contributed by atoms with Crippen LogP contribution in [0.15, 0.2) is 36.4 Å². The first-order valence-corrected chi connectivity index (χ1v) is 5.57. The molecule has 4 heteroatoms.